The summed E-state index contributed by atoms with van der Waals surface area (Å²) in [4.78, 5) is 0.215. The van der Waals surface area contributed by atoms with Crippen LogP contribution in [0.25, 0.3) is 0 Å². The van der Waals surface area contributed by atoms with Gasteiger partial charge in [0, 0.05) is 11.8 Å². The van der Waals surface area contributed by atoms with Crippen LogP contribution < -0.4 is 5.73 Å². The SMILES string of the molecule is Cc1ccc(C(N)CS(=O)c2ccccc2F)c(C)c1. The molecular weight excluding hydrogens is 273 g/mol. The normalized spacial score (nSPS) is 14.0. The molecule has 0 aliphatic rings. The fraction of sp³-hybridized carbons (Fsp3) is 0.250. The van der Waals surface area contributed by atoms with Gasteiger partial charge in [0.15, 0.2) is 0 Å². The number of rotatable bonds is 4. The summed E-state index contributed by atoms with van der Waals surface area (Å²) >= 11 is 0. The van der Waals surface area contributed by atoms with E-state index in [1.807, 2.05) is 32.0 Å². The third-order valence-corrected chi connectivity index (χ3v) is 4.72. The van der Waals surface area contributed by atoms with Gasteiger partial charge >= 0.3 is 0 Å². The standard InChI is InChI=1S/C16H18FNOS/c1-11-7-8-13(12(2)9-11)15(18)10-20(19)16-6-4-3-5-14(16)17/h3-9,15H,10,18H2,1-2H3. The zero-order valence-corrected chi connectivity index (χ0v) is 12.4. The second-order valence-electron chi connectivity index (χ2n) is 4.91. The molecule has 2 aromatic rings. The lowest BCUT2D eigenvalue weighted by Crippen LogP contribution is -2.20. The Morgan fingerprint density at radius 3 is 2.55 bits per heavy atom. The Hall–Kier alpha value is -1.52. The van der Waals surface area contributed by atoms with Gasteiger partial charge in [0.1, 0.15) is 5.82 Å². The van der Waals surface area contributed by atoms with Gasteiger partial charge in [-0.3, -0.25) is 4.21 Å². The van der Waals surface area contributed by atoms with Gasteiger partial charge in [-0.25, -0.2) is 4.39 Å². The van der Waals surface area contributed by atoms with E-state index in [4.69, 9.17) is 5.73 Å². The molecule has 0 saturated carbocycles. The predicted octanol–water partition coefficient (Wildman–Crippen LogP) is 3.25. The maximum absolute atomic E-state index is 13.6. The van der Waals surface area contributed by atoms with E-state index >= 15 is 0 Å². The van der Waals surface area contributed by atoms with E-state index in [0.29, 0.717) is 0 Å². The van der Waals surface area contributed by atoms with Gasteiger partial charge in [0.2, 0.25) is 0 Å². The number of aryl methyl sites for hydroxylation is 2. The first-order valence-electron chi connectivity index (χ1n) is 6.44. The van der Waals surface area contributed by atoms with E-state index in [-0.39, 0.29) is 16.7 Å². The smallest absolute Gasteiger partial charge is 0.139 e. The van der Waals surface area contributed by atoms with Crippen molar-refractivity contribution in [1.82, 2.24) is 0 Å². The molecule has 0 aliphatic heterocycles. The summed E-state index contributed by atoms with van der Waals surface area (Å²) in [6.45, 7) is 3.99. The molecule has 0 fully saturated rings. The third kappa shape index (κ3) is 3.32. The fourth-order valence-corrected chi connectivity index (χ4v) is 3.41. The van der Waals surface area contributed by atoms with Crippen molar-refractivity contribution in [1.29, 1.82) is 0 Å². The highest BCUT2D eigenvalue weighted by molar-refractivity contribution is 7.85. The number of hydrogen-bond donors (Lipinski definition) is 1. The molecule has 0 amide bonds. The molecular formula is C16H18FNOS. The van der Waals surface area contributed by atoms with E-state index in [1.165, 1.54) is 6.07 Å². The van der Waals surface area contributed by atoms with E-state index in [2.05, 4.69) is 0 Å². The maximum atomic E-state index is 13.6. The topological polar surface area (TPSA) is 43.1 Å². The highest BCUT2D eigenvalue weighted by Gasteiger charge is 2.16. The molecule has 0 heterocycles. The van der Waals surface area contributed by atoms with Gasteiger partial charge in [-0.2, -0.15) is 0 Å². The molecule has 2 aromatic carbocycles. The number of halogens is 1. The Morgan fingerprint density at radius 1 is 1.20 bits per heavy atom. The first-order chi connectivity index (χ1) is 9.49. The predicted molar refractivity (Wildman–Crippen MR) is 80.5 cm³/mol. The molecule has 2 nitrogen and oxygen atoms in total. The first kappa shape index (κ1) is 14.9. The molecule has 0 aliphatic carbocycles. The molecule has 0 radical (unpaired) electrons. The minimum absolute atomic E-state index is 0.213. The van der Waals surface area contributed by atoms with Gasteiger partial charge in [-0.1, -0.05) is 35.9 Å². The van der Waals surface area contributed by atoms with Gasteiger partial charge in [-0.15, -0.1) is 0 Å². The average molecular weight is 291 g/mol. The molecule has 0 bridgehead atoms. The first-order valence-corrected chi connectivity index (χ1v) is 7.76. The van der Waals surface area contributed by atoms with Crippen LogP contribution in [0.2, 0.25) is 0 Å². The van der Waals surface area contributed by atoms with Gasteiger partial charge in [0.05, 0.1) is 15.7 Å². The minimum Gasteiger partial charge on any atom is -0.323 e. The Balaban J connectivity index is 2.17. The van der Waals surface area contributed by atoms with Crippen molar-refractivity contribution in [2.75, 3.05) is 5.75 Å². The summed E-state index contributed by atoms with van der Waals surface area (Å²) in [6, 6.07) is 11.7. The second kappa shape index (κ2) is 6.29. The molecule has 0 aromatic heterocycles. The van der Waals surface area contributed by atoms with E-state index < -0.39 is 16.6 Å². The van der Waals surface area contributed by atoms with Crippen molar-refractivity contribution < 1.29 is 8.60 Å². The number of benzene rings is 2. The van der Waals surface area contributed by atoms with Gasteiger partial charge in [0.25, 0.3) is 0 Å². The van der Waals surface area contributed by atoms with Crippen molar-refractivity contribution >= 4 is 10.8 Å². The van der Waals surface area contributed by atoms with Gasteiger partial charge in [-0.05, 0) is 37.1 Å². The highest BCUT2D eigenvalue weighted by Crippen LogP contribution is 2.21. The molecule has 2 atom stereocenters. The van der Waals surface area contributed by atoms with Crippen LogP contribution in [-0.4, -0.2) is 9.96 Å². The zero-order valence-electron chi connectivity index (χ0n) is 11.6. The van der Waals surface area contributed by atoms with Crippen LogP contribution in [0.1, 0.15) is 22.7 Å². The fourth-order valence-electron chi connectivity index (χ4n) is 2.21. The average Bonchev–Trinajstić information content (AvgIpc) is 2.38. The van der Waals surface area contributed by atoms with Crippen LogP contribution in [0, 0.1) is 19.7 Å². The Morgan fingerprint density at radius 2 is 1.90 bits per heavy atom. The minimum atomic E-state index is -1.44. The highest BCUT2D eigenvalue weighted by atomic mass is 32.2. The zero-order chi connectivity index (χ0) is 14.7. The Bertz CT molecular complexity index is 642. The Kier molecular flexibility index (Phi) is 4.68. The lowest BCUT2D eigenvalue weighted by atomic mass is 10.0. The van der Waals surface area contributed by atoms with Crippen LogP contribution in [-0.2, 0) is 10.8 Å². The number of nitrogens with two attached hydrogens (primary N) is 1. The molecule has 2 N–H and O–H groups in total. The van der Waals surface area contributed by atoms with Crippen molar-refractivity contribution in [3.8, 4) is 0 Å². The van der Waals surface area contributed by atoms with Crippen LogP contribution in [0.15, 0.2) is 47.4 Å². The van der Waals surface area contributed by atoms with E-state index in [0.717, 1.165) is 16.7 Å². The monoisotopic (exact) mass is 291 g/mol. The third-order valence-electron chi connectivity index (χ3n) is 3.24. The second-order valence-corrected chi connectivity index (χ2v) is 6.37. The van der Waals surface area contributed by atoms with Crippen LogP contribution >= 0.6 is 0 Å². The van der Waals surface area contributed by atoms with Crippen molar-refractivity contribution in [3.05, 3.63) is 65.0 Å². The van der Waals surface area contributed by atoms with Crippen molar-refractivity contribution in [2.24, 2.45) is 5.73 Å². The van der Waals surface area contributed by atoms with Crippen molar-refractivity contribution in [3.63, 3.8) is 0 Å². The molecule has 20 heavy (non-hydrogen) atoms. The molecule has 106 valence electrons. The molecule has 2 rings (SSSR count). The van der Waals surface area contributed by atoms with E-state index in [9.17, 15) is 8.60 Å². The van der Waals surface area contributed by atoms with Crippen LogP contribution in [0.4, 0.5) is 4.39 Å². The lowest BCUT2D eigenvalue weighted by Gasteiger charge is -2.15. The summed E-state index contributed by atoms with van der Waals surface area (Å²) in [5.74, 6) is -0.233. The largest absolute Gasteiger partial charge is 0.323 e. The van der Waals surface area contributed by atoms with E-state index in [1.54, 1.807) is 18.2 Å². The molecule has 2 unspecified atom stereocenters. The summed E-state index contributed by atoms with van der Waals surface area (Å²) in [5, 5.41) is 0. The molecule has 4 heteroatoms. The van der Waals surface area contributed by atoms with Crippen LogP contribution in [0.5, 0.6) is 0 Å². The molecule has 0 saturated heterocycles. The summed E-state index contributed by atoms with van der Waals surface area (Å²) in [6.07, 6.45) is 0. The summed E-state index contributed by atoms with van der Waals surface area (Å²) < 4.78 is 25.8. The molecule has 0 spiro atoms. The summed E-state index contributed by atoms with van der Waals surface area (Å²) in [5.41, 5.74) is 9.31. The Labute approximate surface area is 121 Å². The lowest BCUT2D eigenvalue weighted by molar-refractivity contribution is 0.594. The maximum Gasteiger partial charge on any atom is 0.139 e. The van der Waals surface area contributed by atoms with Gasteiger partial charge < -0.3 is 5.73 Å². The van der Waals surface area contributed by atoms with Crippen molar-refractivity contribution in [2.45, 2.75) is 24.8 Å². The van der Waals surface area contributed by atoms with Crippen LogP contribution in [0.3, 0.4) is 0 Å². The quantitative estimate of drug-likeness (QED) is 0.939. The summed E-state index contributed by atoms with van der Waals surface area (Å²) in [7, 11) is -1.44. The number of hydrogen-bond acceptors (Lipinski definition) is 2.